The van der Waals surface area contributed by atoms with Crippen LogP contribution < -0.4 is 0 Å². The molecule has 1 aromatic rings. The predicted octanol–water partition coefficient (Wildman–Crippen LogP) is 7.75. The summed E-state index contributed by atoms with van der Waals surface area (Å²) in [5.74, 6) is 3.27. The third-order valence-electron chi connectivity index (χ3n) is 7.11. The molecule has 0 radical (unpaired) electrons. The molecule has 0 amide bonds. The molecule has 28 heavy (non-hydrogen) atoms. The zero-order valence-corrected chi connectivity index (χ0v) is 17.7. The minimum absolute atomic E-state index is 0.779. The van der Waals surface area contributed by atoms with Crippen LogP contribution in [-0.4, -0.2) is 0 Å². The Kier molecular flexibility index (Phi) is 8.41. The number of nitriles is 1. The summed E-state index contributed by atoms with van der Waals surface area (Å²) in [7, 11) is 0. The second-order valence-electron chi connectivity index (χ2n) is 8.98. The Bertz CT molecular complexity index is 659. The van der Waals surface area contributed by atoms with Gasteiger partial charge < -0.3 is 0 Å². The molecule has 2 saturated carbocycles. The first-order valence-electron chi connectivity index (χ1n) is 11.6. The summed E-state index contributed by atoms with van der Waals surface area (Å²) < 4.78 is 0. The van der Waals surface area contributed by atoms with E-state index in [4.69, 9.17) is 5.26 Å². The summed E-state index contributed by atoms with van der Waals surface area (Å²) in [6.07, 6.45) is 23.1. The summed E-state index contributed by atoms with van der Waals surface area (Å²) in [6, 6.07) is 11.5. The van der Waals surface area contributed by atoms with Crippen LogP contribution in [0.25, 0.3) is 0 Å². The lowest BCUT2D eigenvalue weighted by atomic mass is 9.77. The molecular formula is C27H37N. The number of hydrogen-bond acceptors (Lipinski definition) is 1. The number of allylic oxidation sites excluding steroid dienone is 4. The lowest BCUT2D eigenvalue weighted by molar-refractivity contribution is 0.295. The van der Waals surface area contributed by atoms with E-state index in [1.807, 2.05) is 6.08 Å². The molecule has 0 aliphatic heterocycles. The van der Waals surface area contributed by atoms with Gasteiger partial charge in [0.2, 0.25) is 0 Å². The van der Waals surface area contributed by atoms with Gasteiger partial charge in [0.15, 0.2) is 0 Å². The Labute approximate surface area is 172 Å². The number of hydrogen-bond donors (Lipinski definition) is 0. The first kappa shape index (κ1) is 20.9. The minimum Gasteiger partial charge on any atom is -0.193 e. The third kappa shape index (κ3) is 6.37. The number of benzene rings is 1. The zero-order chi connectivity index (χ0) is 19.6. The summed E-state index contributed by atoms with van der Waals surface area (Å²) in [4.78, 5) is 0. The topological polar surface area (TPSA) is 23.8 Å². The van der Waals surface area contributed by atoms with Crippen molar-refractivity contribution in [3.8, 4) is 6.07 Å². The molecule has 3 rings (SSSR count). The van der Waals surface area contributed by atoms with Crippen molar-refractivity contribution >= 4 is 0 Å². The van der Waals surface area contributed by atoms with Crippen LogP contribution in [0.5, 0.6) is 0 Å². The van der Waals surface area contributed by atoms with Crippen molar-refractivity contribution in [1.82, 2.24) is 0 Å². The fraction of sp³-hybridized carbons (Fsp3) is 0.593. The van der Waals surface area contributed by atoms with Gasteiger partial charge in [0, 0.05) is 6.08 Å². The maximum atomic E-state index is 8.55. The normalized spacial score (nSPS) is 28.6. The maximum absolute atomic E-state index is 8.55. The summed E-state index contributed by atoms with van der Waals surface area (Å²) in [6.45, 7) is 2.23. The van der Waals surface area contributed by atoms with Crippen LogP contribution >= 0.6 is 0 Å². The van der Waals surface area contributed by atoms with Crippen molar-refractivity contribution in [2.24, 2.45) is 17.8 Å². The van der Waals surface area contributed by atoms with Gasteiger partial charge in [0.25, 0.3) is 0 Å². The Hall–Kier alpha value is -1.81. The maximum Gasteiger partial charge on any atom is 0.0908 e. The zero-order valence-electron chi connectivity index (χ0n) is 17.7. The van der Waals surface area contributed by atoms with Crippen LogP contribution in [0.2, 0.25) is 0 Å². The molecule has 0 spiro atoms. The molecule has 2 aliphatic carbocycles. The standard InChI is InChI=1S/C27H37N/c1-2-22-13-17-26(18-14-22)27-19-15-25(16-20-27)12-11-24-9-7-23(8-10-24)6-4-3-5-21-28/h3,5,11-14,17-18,23-25,27H,2,4,6-10,15-16,19-20H2,1H3. The third-order valence-corrected chi connectivity index (χ3v) is 7.11. The molecule has 0 N–H and O–H groups in total. The van der Waals surface area contributed by atoms with E-state index < -0.39 is 0 Å². The predicted molar refractivity (Wildman–Crippen MR) is 119 cm³/mol. The number of rotatable bonds is 7. The molecule has 0 saturated heterocycles. The van der Waals surface area contributed by atoms with E-state index in [0.29, 0.717) is 0 Å². The quantitative estimate of drug-likeness (QED) is 0.353. The molecular weight excluding hydrogens is 338 g/mol. The lowest BCUT2D eigenvalue weighted by Gasteiger charge is -2.29. The van der Waals surface area contributed by atoms with Crippen molar-refractivity contribution < 1.29 is 0 Å². The molecule has 0 unspecified atom stereocenters. The van der Waals surface area contributed by atoms with Crippen molar-refractivity contribution in [3.63, 3.8) is 0 Å². The van der Waals surface area contributed by atoms with E-state index in [-0.39, 0.29) is 0 Å². The van der Waals surface area contributed by atoms with Crippen LogP contribution in [0.1, 0.15) is 88.2 Å². The number of aryl methyl sites for hydroxylation is 1. The molecule has 0 aromatic heterocycles. The first-order valence-corrected chi connectivity index (χ1v) is 11.6. The van der Waals surface area contributed by atoms with Gasteiger partial charge in [0.1, 0.15) is 0 Å². The smallest absolute Gasteiger partial charge is 0.0908 e. The average molecular weight is 376 g/mol. The van der Waals surface area contributed by atoms with E-state index in [1.54, 1.807) is 11.6 Å². The SMILES string of the molecule is CCc1ccc(C2CCC(C=CC3CCC(CCC=CC#N)CC3)CC2)cc1. The van der Waals surface area contributed by atoms with Gasteiger partial charge in [0.05, 0.1) is 6.07 Å². The first-order chi connectivity index (χ1) is 13.8. The lowest BCUT2D eigenvalue weighted by Crippen LogP contribution is -2.14. The van der Waals surface area contributed by atoms with Gasteiger partial charge in [-0.15, -0.1) is 0 Å². The van der Waals surface area contributed by atoms with E-state index >= 15 is 0 Å². The van der Waals surface area contributed by atoms with E-state index in [1.165, 1.54) is 63.4 Å². The fourth-order valence-corrected chi connectivity index (χ4v) is 5.12. The van der Waals surface area contributed by atoms with Crippen molar-refractivity contribution in [2.75, 3.05) is 0 Å². The van der Waals surface area contributed by atoms with Crippen LogP contribution in [0.3, 0.4) is 0 Å². The molecule has 0 bridgehead atoms. The molecule has 0 atom stereocenters. The highest BCUT2D eigenvalue weighted by atomic mass is 14.3. The highest BCUT2D eigenvalue weighted by molar-refractivity contribution is 5.25. The van der Waals surface area contributed by atoms with Gasteiger partial charge in [-0.05, 0) is 105 Å². The van der Waals surface area contributed by atoms with Crippen LogP contribution in [0, 0.1) is 29.1 Å². The summed E-state index contributed by atoms with van der Waals surface area (Å²) in [5, 5.41) is 8.55. The molecule has 2 fully saturated rings. The molecule has 1 aromatic carbocycles. The van der Waals surface area contributed by atoms with Crippen LogP contribution in [-0.2, 0) is 6.42 Å². The van der Waals surface area contributed by atoms with Gasteiger partial charge >= 0.3 is 0 Å². The van der Waals surface area contributed by atoms with Gasteiger partial charge in [-0.25, -0.2) is 0 Å². The minimum atomic E-state index is 0.779. The summed E-state index contributed by atoms with van der Waals surface area (Å²) >= 11 is 0. The van der Waals surface area contributed by atoms with Gasteiger partial charge in [-0.1, -0.05) is 49.4 Å². The largest absolute Gasteiger partial charge is 0.193 e. The average Bonchev–Trinajstić information content (AvgIpc) is 2.76. The molecule has 2 aliphatic rings. The Balaban J connectivity index is 1.36. The van der Waals surface area contributed by atoms with Gasteiger partial charge in [-0.2, -0.15) is 5.26 Å². The molecule has 150 valence electrons. The molecule has 0 heterocycles. The van der Waals surface area contributed by atoms with E-state index in [2.05, 4.69) is 49.4 Å². The fourth-order valence-electron chi connectivity index (χ4n) is 5.12. The Morgan fingerprint density at radius 1 is 0.893 bits per heavy atom. The summed E-state index contributed by atoms with van der Waals surface area (Å²) in [5.41, 5.74) is 3.01. The molecule has 1 heteroatoms. The van der Waals surface area contributed by atoms with Crippen molar-refractivity contribution in [3.05, 3.63) is 59.7 Å². The second kappa shape index (κ2) is 11.3. The van der Waals surface area contributed by atoms with Gasteiger partial charge in [-0.3, -0.25) is 0 Å². The van der Waals surface area contributed by atoms with Crippen molar-refractivity contribution in [1.29, 1.82) is 5.26 Å². The second-order valence-corrected chi connectivity index (χ2v) is 8.98. The van der Waals surface area contributed by atoms with Crippen LogP contribution in [0.15, 0.2) is 48.6 Å². The van der Waals surface area contributed by atoms with Crippen molar-refractivity contribution in [2.45, 2.75) is 83.5 Å². The molecule has 1 nitrogen and oxygen atoms in total. The van der Waals surface area contributed by atoms with Crippen LogP contribution in [0.4, 0.5) is 0 Å². The Morgan fingerprint density at radius 2 is 1.50 bits per heavy atom. The number of nitrogens with zero attached hydrogens (tertiary/aromatic N) is 1. The Morgan fingerprint density at radius 3 is 2.07 bits per heavy atom. The van der Waals surface area contributed by atoms with E-state index in [0.717, 1.165) is 36.5 Å². The monoisotopic (exact) mass is 375 g/mol. The van der Waals surface area contributed by atoms with E-state index in [9.17, 15) is 0 Å². The highest BCUT2D eigenvalue weighted by Crippen LogP contribution is 2.37. The highest BCUT2D eigenvalue weighted by Gasteiger charge is 2.22.